The molecular formula is C13H23IN6O2. The van der Waals surface area contributed by atoms with E-state index < -0.39 is 0 Å². The van der Waals surface area contributed by atoms with Crippen molar-refractivity contribution in [1.29, 1.82) is 0 Å². The van der Waals surface area contributed by atoms with Crippen LogP contribution in [-0.2, 0) is 11.3 Å². The van der Waals surface area contributed by atoms with Crippen molar-refractivity contribution < 1.29 is 9.32 Å². The van der Waals surface area contributed by atoms with Crippen LogP contribution in [0.3, 0.4) is 0 Å². The molecule has 1 amide bonds. The molecule has 0 unspecified atom stereocenters. The number of carbonyl (C=O) groups is 1. The molecule has 0 radical (unpaired) electrons. The van der Waals surface area contributed by atoms with E-state index in [0.29, 0.717) is 37.3 Å². The number of aromatic nitrogens is 2. The van der Waals surface area contributed by atoms with Gasteiger partial charge < -0.3 is 20.5 Å². The van der Waals surface area contributed by atoms with Gasteiger partial charge >= 0.3 is 0 Å². The van der Waals surface area contributed by atoms with Gasteiger partial charge in [-0.2, -0.15) is 4.98 Å². The molecule has 1 saturated carbocycles. The lowest BCUT2D eigenvalue weighted by Gasteiger charge is -2.11. The van der Waals surface area contributed by atoms with Gasteiger partial charge in [-0.05, 0) is 26.7 Å². The third-order valence-electron chi connectivity index (χ3n) is 2.95. The van der Waals surface area contributed by atoms with Crippen LogP contribution in [0.25, 0.3) is 0 Å². The van der Waals surface area contributed by atoms with E-state index in [1.807, 2.05) is 6.92 Å². The zero-order valence-corrected chi connectivity index (χ0v) is 15.2. The highest BCUT2D eigenvalue weighted by Crippen LogP contribution is 2.28. The minimum atomic E-state index is 0. The summed E-state index contributed by atoms with van der Waals surface area (Å²) in [5.41, 5.74) is 0. The Kier molecular flexibility index (Phi) is 8.13. The highest BCUT2D eigenvalue weighted by atomic mass is 127. The zero-order chi connectivity index (χ0) is 15.1. The van der Waals surface area contributed by atoms with Crippen molar-refractivity contribution in [1.82, 2.24) is 26.1 Å². The lowest BCUT2D eigenvalue weighted by Crippen LogP contribution is -2.41. The van der Waals surface area contributed by atoms with Crippen LogP contribution in [0.5, 0.6) is 0 Å². The van der Waals surface area contributed by atoms with E-state index in [1.54, 1.807) is 6.92 Å². The number of nitrogens with one attached hydrogen (secondary N) is 3. The molecule has 0 atom stereocenters. The monoisotopic (exact) mass is 422 g/mol. The summed E-state index contributed by atoms with van der Waals surface area (Å²) >= 11 is 0. The number of guanidine groups is 1. The Morgan fingerprint density at radius 3 is 2.64 bits per heavy atom. The second kappa shape index (κ2) is 9.59. The molecule has 3 N–H and O–H groups in total. The van der Waals surface area contributed by atoms with Crippen molar-refractivity contribution in [2.45, 2.75) is 33.2 Å². The number of aryl methyl sites for hydroxylation is 1. The summed E-state index contributed by atoms with van der Waals surface area (Å²) in [4.78, 5) is 19.9. The fourth-order valence-corrected chi connectivity index (χ4v) is 1.75. The Morgan fingerprint density at radius 1 is 1.32 bits per heavy atom. The molecule has 2 rings (SSSR count). The van der Waals surface area contributed by atoms with Crippen LogP contribution >= 0.6 is 24.0 Å². The van der Waals surface area contributed by atoms with Crippen molar-refractivity contribution in [3.8, 4) is 0 Å². The number of amides is 1. The maximum atomic E-state index is 11.5. The summed E-state index contributed by atoms with van der Waals surface area (Å²) in [6, 6.07) is 0. The second-order valence-electron chi connectivity index (χ2n) is 4.92. The Bertz CT molecular complexity index is 500. The van der Waals surface area contributed by atoms with E-state index in [4.69, 9.17) is 4.52 Å². The molecule has 1 aromatic rings. The van der Waals surface area contributed by atoms with E-state index in [-0.39, 0.29) is 35.8 Å². The standard InChI is InChI=1S/C13H22N6O2.HI/c1-3-14-13(17-8-11-18-9(2)19-21-11)16-7-6-15-12(20)10-4-5-10;/h10H,3-8H2,1-2H3,(H,15,20)(H2,14,16,17);1H. The van der Waals surface area contributed by atoms with Gasteiger partial charge in [0.2, 0.25) is 11.8 Å². The van der Waals surface area contributed by atoms with Crippen LogP contribution < -0.4 is 16.0 Å². The van der Waals surface area contributed by atoms with E-state index >= 15 is 0 Å². The van der Waals surface area contributed by atoms with E-state index in [1.165, 1.54) is 0 Å². The molecule has 8 nitrogen and oxygen atoms in total. The van der Waals surface area contributed by atoms with Crippen molar-refractivity contribution in [3.05, 3.63) is 11.7 Å². The maximum Gasteiger partial charge on any atom is 0.248 e. The van der Waals surface area contributed by atoms with Crippen molar-refractivity contribution in [2.75, 3.05) is 19.6 Å². The average molecular weight is 422 g/mol. The van der Waals surface area contributed by atoms with Gasteiger partial charge in [-0.15, -0.1) is 24.0 Å². The number of halogens is 1. The molecule has 0 saturated heterocycles. The first-order valence-corrected chi connectivity index (χ1v) is 7.28. The minimum Gasteiger partial charge on any atom is -0.357 e. The van der Waals surface area contributed by atoms with Crippen LogP contribution in [0.4, 0.5) is 0 Å². The molecule has 1 aliphatic rings. The van der Waals surface area contributed by atoms with E-state index in [9.17, 15) is 4.79 Å². The third kappa shape index (κ3) is 6.58. The fourth-order valence-electron chi connectivity index (χ4n) is 1.75. The summed E-state index contributed by atoms with van der Waals surface area (Å²) in [7, 11) is 0. The molecule has 9 heteroatoms. The molecule has 0 bridgehead atoms. The first kappa shape index (κ1) is 18.7. The van der Waals surface area contributed by atoms with Gasteiger partial charge in [-0.25, -0.2) is 4.99 Å². The summed E-state index contributed by atoms with van der Waals surface area (Å²) < 4.78 is 5.00. The number of nitrogens with zero attached hydrogens (tertiary/aromatic N) is 3. The molecule has 124 valence electrons. The number of carbonyl (C=O) groups excluding carboxylic acids is 1. The summed E-state index contributed by atoms with van der Waals surface area (Å²) in [5, 5.41) is 12.9. The summed E-state index contributed by atoms with van der Waals surface area (Å²) in [6.07, 6.45) is 2.04. The van der Waals surface area contributed by atoms with Crippen LogP contribution in [0.15, 0.2) is 9.52 Å². The molecular weight excluding hydrogens is 399 g/mol. The van der Waals surface area contributed by atoms with Crippen LogP contribution in [0.2, 0.25) is 0 Å². The number of hydrogen-bond donors (Lipinski definition) is 3. The second-order valence-corrected chi connectivity index (χ2v) is 4.92. The molecule has 1 fully saturated rings. The quantitative estimate of drug-likeness (QED) is 0.257. The summed E-state index contributed by atoms with van der Waals surface area (Å²) in [5.74, 6) is 2.13. The molecule has 0 spiro atoms. The van der Waals surface area contributed by atoms with Crippen LogP contribution in [-0.4, -0.2) is 41.6 Å². The van der Waals surface area contributed by atoms with Gasteiger partial charge in [0.25, 0.3) is 0 Å². The maximum absolute atomic E-state index is 11.5. The minimum absolute atomic E-state index is 0. The van der Waals surface area contributed by atoms with E-state index in [2.05, 4.69) is 31.1 Å². The van der Waals surface area contributed by atoms with Crippen LogP contribution in [0, 0.1) is 12.8 Å². The molecule has 0 aromatic carbocycles. The topological polar surface area (TPSA) is 104 Å². The number of rotatable bonds is 7. The van der Waals surface area contributed by atoms with Crippen molar-refractivity contribution >= 4 is 35.8 Å². The van der Waals surface area contributed by atoms with Gasteiger partial charge in [0.15, 0.2) is 11.8 Å². The molecule has 1 aromatic heterocycles. The molecule has 22 heavy (non-hydrogen) atoms. The smallest absolute Gasteiger partial charge is 0.248 e. The Hall–Kier alpha value is -1.39. The molecule has 1 aliphatic carbocycles. The fraction of sp³-hybridized carbons (Fsp3) is 0.692. The molecule has 0 aliphatic heterocycles. The van der Waals surface area contributed by atoms with Crippen LogP contribution in [0.1, 0.15) is 31.5 Å². The zero-order valence-electron chi connectivity index (χ0n) is 12.9. The van der Waals surface area contributed by atoms with Gasteiger partial charge in [-0.1, -0.05) is 5.16 Å². The number of aliphatic imine (C=N–C) groups is 1. The lowest BCUT2D eigenvalue weighted by atomic mass is 10.4. The van der Waals surface area contributed by atoms with Gasteiger partial charge in [0.05, 0.1) is 0 Å². The Morgan fingerprint density at radius 2 is 2.05 bits per heavy atom. The van der Waals surface area contributed by atoms with Gasteiger partial charge in [0.1, 0.15) is 6.54 Å². The predicted octanol–water partition coefficient (Wildman–Crippen LogP) is 0.577. The third-order valence-corrected chi connectivity index (χ3v) is 2.95. The van der Waals surface area contributed by atoms with Gasteiger partial charge in [-0.3, -0.25) is 4.79 Å². The predicted molar refractivity (Wildman–Crippen MR) is 93.0 cm³/mol. The highest BCUT2D eigenvalue weighted by Gasteiger charge is 2.28. The van der Waals surface area contributed by atoms with E-state index in [0.717, 1.165) is 19.4 Å². The molecule has 1 heterocycles. The number of hydrogen-bond acceptors (Lipinski definition) is 5. The average Bonchev–Trinajstić information content (AvgIpc) is 3.24. The Labute approximate surface area is 146 Å². The normalized spacial score (nSPS) is 14.2. The SMILES string of the molecule is CCNC(=NCc1nc(C)no1)NCCNC(=O)C1CC1.I. The largest absolute Gasteiger partial charge is 0.357 e. The summed E-state index contributed by atoms with van der Waals surface area (Å²) in [6.45, 7) is 6.03. The first-order chi connectivity index (χ1) is 10.2. The highest BCUT2D eigenvalue weighted by molar-refractivity contribution is 14.0. The van der Waals surface area contributed by atoms with Gasteiger partial charge in [0, 0.05) is 25.6 Å². The van der Waals surface area contributed by atoms with Crippen molar-refractivity contribution in [2.24, 2.45) is 10.9 Å². The lowest BCUT2D eigenvalue weighted by molar-refractivity contribution is -0.122. The Balaban J connectivity index is 0.00000242. The van der Waals surface area contributed by atoms with Crippen molar-refractivity contribution in [3.63, 3.8) is 0 Å². The first-order valence-electron chi connectivity index (χ1n) is 7.28.